The number of hydrogen-bond acceptors (Lipinski definition) is 5. The lowest BCUT2D eigenvalue weighted by molar-refractivity contribution is -0.137. The molecule has 2 heterocycles. The van der Waals surface area contributed by atoms with Crippen LogP contribution in [-0.2, 0) is 6.18 Å². The van der Waals surface area contributed by atoms with E-state index in [1.54, 1.807) is 0 Å². The maximum absolute atomic E-state index is 13.0. The van der Waals surface area contributed by atoms with Crippen LogP contribution in [0.4, 0.5) is 33.7 Å². The van der Waals surface area contributed by atoms with Crippen LogP contribution in [0.2, 0.25) is 0 Å². The fourth-order valence-electron chi connectivity index (χ4n) is 3.55. The number of urea groups is 1. The van der Waals surface area contributed by atoms with Crippen LogP contribution in [-0.4, -0.2) is 40.1 Å². The van der Waals surface area contributed by atoms with E-state index in [1.807, 2.05) is 0 Å². The molecule has 1 saturated heterocycles. The van der Waals surface area contributed by atoms with Gasteiger partial charge in [0.1, 0.15) is 10.8 Å². The van der Waals surface area contributed by atoms with Crippen molar-refractivity contribution in [3.05, 3.63) is 69.9 Å². The Labute approximate surface area is 195 Å². The van der Waals surface area contributed by atoms with E-state index < -0.39 is 29.5 Å². The van der Waals surface area contributed by atoms with E-state index in [-0.39, 0.29) is 16.6 Å². The maximum atomic E-state index is 13.0. The van der Waals surface area contributed by atoms with Crippen molar-refractivity contribution in [2.45, 2.75) is 24.9 Å². The van der Waals surface area contributed by atoms with Gasteiger partial charge in [0.2, 0.25) is 5.01 Å². The molecule has 178 valence electrons. The molecule has 34 heavy (non-hydrogen) atoms. The molecular weight excluding hydrogens is 474 g/mol. The number of carbonyl (C=O) groups is 2. The van der Waals surface area contributed by atoms with Crippen LogP contribution in [0.15, 0.2) is 48.5 Å². The van der Waals surface area contributed by atoms with Gasteiger partial charge in [0.25, 0.3) is 5.91 Å². The normalized spacial score (nSPS) is 16.2. The summed E-state index contributed by atoms with van der Waals surface area (Å²) in [6, 6.07) is 9.24. The SMILES string of the molecule is O=C(Nc1ccc(F)cc1)c1nnc(C2CCCN(C(=O)Nc3cccc(C(F)(F)F)c3)C2)s1. The van der Waals surface area contributed by atoms with E-state index in [2.05, 4.69) is 20.8 Å². The van der Waals surface area contributed by atoms with Crippen LogP contribution in [0.5, 0.6) is 0 Å². The molecule has 12 heteroatoms. The van der Waals surface area contributed by atoms with E-state index in [0.717, 1.165) is 29.9 Å². The van der Waals surface area contributed by atoms with Gasteiger partial charge >= 0.3 is 12.2 Å². The van der Waals surface area contributed by atoms with E-state index in [1.165, 1.54) is 41.3 Å². The number of carbonyl (C=O) groups excluding carboxylic acids is 2. The summed E-state index contributed by atoms with van der Waals surface area (Å²) in [5.74, 6) is -1.06. The number of alkyl halides is 3. The summed E-state index contributed by atoms with van der Waals surface area (Å²) < 4.78 is 51.8. The monoisotopic (exact) mass is 493 g/mol. The topological polar surface area (TPSA) is 87.2 Å². The van der Waals surface area contributed by atoms with Crippen molar-refractivity contribution in [1.29, 1.82) is 0 Å². The number of likely N-dealkylation sites (tertiary alicyclic amines) is 1. The summed E-state index contributed by atoms with van der Waals surface area (Å²) in [4.78, 5) is 26.6. The van der Waals surface area contributed by atoms with Gasteiger partial charge in [0.05, 0.1) is 5.56 Å². The predicted molar refractivity (Wildman–Crippen MR) is 118 cm³/mol. The Morgan fingerprint density at radius 3 is 2.53 bits per heavy atom. The molecule has 1 unspecified atom stereocenters. The molecule has 1 aromatic heterocycles. The summed E-state index contributed by atoms with van der Waals surface area (Å²) in [5, 5.41) is 13.9. The second-order valence-electron chi connectivity index (χ2n) is 7.70. The third-order valence-electron chi connectivity index (χ3n) is 5.24. The van der Waals surface area contributed by atoms with Gasteiger partial charge in [0.15, 0.2) is 0 Å². The van der Waals surface area contributed by atoms with Gasteiger partial charge in [-0.25, -0.2) is 9.18 Å². The average molecular weight is 493 g/mol. The standard InChI is InChI=1S/C22H19F4N5O2S/c23-15-6-8-16(9-7-15)27-18(32)20-30-29-19(34-20)13-3-2-10-31(12-13)21(33)28-17-5-1-4-14(11-17)22(24,25)26/h1,4-9,11,13H,2-3,10,12H2,(H,27,32)(H,28,33). The van der Waals surface area contributed by atoms with Crippen LogP contribution in [0.3, 0.4) is 0 Å². The van der Waals surface area contributed by atoms with Crippen LogP contribution in [0.25, 0.3) is 0 Å². The molecule has 3 amide bonds. The first-order valence-corrected chi connectivity index (χ1v) is 11.1. The highest BCUT2D eigenvalue weighted by molar-refractivity contribution is 7.13. The van der Waals surface area contributed by atoms with Gasteiger partial charge in [0, 0.05) is 30.4 Å². The Bertz CT molecular complexity index is 1180. The quantitative estimate of drug-likeness (QED) is 0.479. The smallest absolute Gasteiger partial charge is 0.324 e. The third kappa shape index (κ3) is 5.68. The second kappa shape index (κ2) is 9.75. The summed E-state index contributed by atoms with van der Waals surface area (Å²) >= 11 is 1.10. The molecule has 0 aliphatic carbocycles. The predicted octanol–water partition coefficient (Wildman–Crippen LogP) is 5.36. The number of amides is 3. The number of rotatable bonds is 4. The van der Waals surface area contributed by atoms with Crippen LogP contribution in [0.1, 0.15) is 39.1 Å². The summed E-state index contributed by atoms with van der Waals surface area (Å²) in [6.07, 6.45) is -3.12. The van der Waals surface area contributed by atoms with E-state index in [0.29, 0.717) is 30.2 Å². The lowest BCUT2D eigenvalue weighted by Crippen LogP contribution is -2.41. The first-order valence-electron chi connectivity index (χ1n) is 10.3. The molecular formula is C22H19F4N5O2S. The van der Waals surface area contributed by atoms with Gasteiger partial charge in [-0.1, -0.05) is 17.4 Å². The fraction of sp³-hybridized carbons (Fsp3) is 0.273. The van der Waals surface area contributed by atoms with Gasteiger partial charge in [-0.3, -0.25) is 4.79 Å². The maximum Gasteiger partial charge on any atom is 0.416 e. The zero-order valence-corrected chi connectivity index (χ0v) is 18.4. The number of aromatic nitrogens is 2. The largest absolute Gasteiger partial charge is 0.416 e. The van der Waals surface area contributed by atoms with E-state index >= 15 is 0 Å². The number of piperidine rings is 1. The Hall–Kier alpha value is -3.54. The number of nitrogens with zero attached hydrogens (tertiary/aromatic N) is 3. The number of halogens is 4. The lowest BCUT2D eigenvalue weighted by atomic mass is 9.99. The molecule has 2 N–H and O–H groups in total. The van der Waals surface area contributed by atoms with Crippen molar-refractivity contribution in [1.82, 2.24) is 15.1 Å². The number of nitrogens with one attached hydrogen (secondary N) is 2. The Morgan fingerprint density at radius 1 is 1.03 bits per heavy atom. The highest BCUT2D eigenvalue weighted by Crippen LogP contribution is 2.32. The molecule has 1 atom stereocenters. The molecule has 3 aromatic rings. The first-order chi connectivity index (χ1) is 16.2. The molecule has 2 aromatic carbocycles. The highest BCUT2D eigenvalue weighted by Gasteiger charge is 2.31. The van der Waals surface area contributed by atoms with Gasteiger partial charge in [-0.2, -0.15) is 13.2 Å². The third-order valence-corrected chi connectivity index (χ3v) is 6.32. The average Bonchev–Trinajstić information content (AvgIpc) is 3.31. The van der Waals surface area contributed by atoms with Crippen LogP contribution < -0.4 is 10.6 Å². The van der Waals surface area contributed by atoms with E-state index in [4.69, 9.17) is 0 Å². The number of hydrogen-bond donors (Lipinski definition) is 2. The minimum atomic E-state index is -4.50. The molecule has 7 nitrogen and oxygen atoms in total. The van der Waals surface area contributed by atoms with Crippen molar-refractivity contribution < 1.29 is 27.2 Å². The molecule has 4 rings (SSSR count). The van der Waals surface area contributed by atoms with Gasteiger partial charge in [-0.15, -0.1) is 10.2 Å². The Balaban J connectivity index is 1.38. The van der Waals surface area contributed by atoms with Crippen molar-refractivity contribution in [3.63, 3.8) is 0 Å². The Morgan fingerprint density at radius 2 is 1.79 bits per heavy atom. The number of anilines is 2. The van der Waals surface area contributed by atoms with Gasteiger partial charge < -0.3 is 15.5 Å². The summed E-state index contributed by atoms with van der Waals surface area (Å²) in [6.45, 7) is 0.733. The fourth-order valence-corrected chi connectivity index (χ4v) is 4.41. The molecule has 0 spiro atoms. The first kappa shape index (κ1) is 23.6. The van der Waals surface area contributed by atoms with Crippen LogP contribution >= 0.6 is 11.3 Å². The van der Waals surface area contributed by atoms with Crippen molar-refractivity contribution >= 4 is 34.6 Å². The second-order valence-corrected chi connectivity index (χ2v) is 8.71. The summed E-state index contributed by atoms with van der Waals surface area (Å²) in [7, 11) is 0. The van der Waals surface area contributed by atoms with Crippen molar-refractivity contribution in [2.75, 3.05) is 23.7 Å². The zero-order chi connectivity index (χ0) is 24.3. The minimum absolute atomic E-state index is 0.0533. The molecule has 1 aliphatic rings. The molecule has 0 saturated carbocycles. The van der Waals surface area contributed by atoms with Crippen molar-refractivity contribution in [3.8, 4) is 0 Å². The summed E-state index contributed by atoms with van der Waals surface area (Å²) in [5.41, 5.74) is -0.377. The lowest BCUT2D eigenvalue weighted by Gasteiger charge is -2.31. The molecule has 1 aliphatic heterocycles. The molecule has 0 radical (unpaired) electrons. The minimum Gasteiger partial charge on any atom is -0.324 e. The van der Waals surface area contributed by atoms with Crippen LogP contribution in [0, 0.1) is 5.82 Å². The zero-order valence-electron chi connectivity index (χ0n) is 17.6. The van der Waals surface area contributed by atoms with Gasteiger partial charge in [-0.05, 0) is 55.3 Å². The highest BCUT2D eigenvalue weighted by atomic mass is 32.1. The number of benzene rings is 2. The molecule has 0 bridgehead atoms. The van der Waals surface area contributed by atoms with Crippen molar-refractivity contribution in [2.24, 2.45) is 0 Å². The Kier molecular flexibility index (Phi) is 6.77. The molecule has 1 fully saturated rings. The van der Waals surface area contributed by atoms with E-state index in [9.17, 15) is 27.2 Å².